The number of benzene rings is 2. The summed E-state index contributed by atoms with van der Waals surface area (Å²) in [6.45, 7) is 1.25. The van der Waals surface area contributed by atoms with Gasteiger partial charge in [0, 0.05) is 29.7 Å². The second-order valence-electron chi connectivity index (χ2n) is 7.43. The predicted molar refractivity (Wildman–Crippen MR) is 115 cm³/mol. The molecule has 2 heterocycles. The van der Waals surface area contributed by atoms with Crippen molar-refractivity contribution in [3.63, 3.8) is 0 Å². The van der Waals surface area contributed by atoms with Gasteiger partial charge in [-0.2, -0.15) is 13.2 Å². The summed E-state index contributed by atoms with van der Waals surface area (Å²) in [5.41, 5.74) is 0.292. The van der Waals surface area contributed by atoms with E-state index in [9.17, 15) is 18.0 Å². The third-order valence-electron chi connectivity index (χ3n) is 4.98. The summed E-state index contributed by atoms with van der Waals surface area (Å²) >= 11 is 1.23. The summed E-state index contributed by atoms with van der Waals surface area (Å²) in [6, 6.07) is 12.0. The number of ether oxygens (including phenoxy) is 2. The minimum Gasteiger partial charge on any atom is -0.491 e. The maximum atomic E-state index is 12.9. The quantitative estimate of drug-likeness (QED) is 0.499. The van der Waals surface area contributed by atoms with E-state index in [1.165, 1.54) is 17.4 Å². The molecule has 4 rings (SSSR count). The Balaban J connectivity index is 1.32. The van der Waals surface area contributed by atoms with Crippen LogP contribution in [0.5, 0.6) is 5.75 Å². The summed E-state index contributed by atoms with van der Waals surface area (Å²) in [5, 5.41) is 3.11. The lowest BCUT2D eigenvalue weighted by atomic mass is 10.1. The molecule has 1 aliphatic rings. The van der Waals surface area contributed by atoms with Crippen LogP contribution in [0.3, 0.4) is 0 Å². The van der Waals surface area contributed by atoms with Crippen LogP contribution in [0.25, 0.3) is 0 Å². The third-order valence-corrected chi connectivity index (χ3v) is 5.90. The molecule has 32 heavy (non-hydrogen) atoms. The summed E-state index contributed by atoms with van der Waals surface area (Å²) in [6.07, 6.45) is -0.367. The molecule has 168 valence electrons. The Morgan fingerprint density at radius 3 is 2.75 bits per heavy atom. The van der Waals surface area contributed by atoms with E-state index in [0.717, 1.165) is 36.5 Å². The van der Waals surface area contributed by atoms with Crippen molar-refractivity contribution in [2.24, 2.45) is 0 Å². The normalized spacial score (nSPS) is 16.2. The van der Waals surface area contributed by atoms with Gasteiger partial charge in [0.15, 0.2) is 5.13 Å². The molecule has 1 unspecified atom stereocenters. The van der Waals surface area contributed by atoms with Crippen molar-refractivity contribution < 1.29 is 27.4 Å². The maximum Gasteiger partial charge on any atom is 0.416 e. The van der Waals surface area contributed by atoms with Crippen LogP contribution in [0.2, 0.25) is 0 Å². The number of nitrogens with one attached hydrogen (secondary N) is 1. The van der Waals surface area contributed by atoms with Crippen LogP contribution in [-0.4, -0.2) is 30.2 Å². The molecule has 0 spiro atoms. The molecule has 1 aliphatic heterocycles. The highest BCUT2D eigenvalue weighted by molar-refractivity contribution is 7.15. The molecule has 0 aliphatic carbocycles. The summed E-state index contributed by atoms with van der Waals surface area (Å²) in [5.74, 6) is 0.338. The monoisotopic (exact) mass is 462 g/mol. The molecule has 1 amide bonds. The lowest BCUT2D eigenvalue weighted by Gasteiger charge is -2.11. The smallest absolute Gasteiger partial charge is 0.416 e. The largest absolute Gasteiger partial charge is 0.491 e. The summed E-state index contributed by atoms with van der Waals surface area (Å²) in [4.78, 5) is 17.4. The number of amides is 1. The van der Waals surface area contributed by atoms with Gasteiger partial charge in [-0.15, -0.1) is 11.3 Å². The Morgan fingerprint density at radius 1 is 1.22 bits per heavy atom. The van der Waals surface area contributed by atoms with Crippen LogP contribution in [0, 0.1) is 0 Å². The highest BCUT2D eigenvalue weighted by atomic mass is 32.1. The number of anilines is 1. The van der Waals surface area contributed by atoms with E-state index in [-0.39, 0.29) is 12.0 Å². The Hall–Kier alpha value is -2.91. The number of thiazole rings is 1. The zero-order valence-corrected chi connectivity index (χ0v) is 17.8. The number of alkyl halides is 3. The molecule has 9 heteroatoms. The number of halogens is 3. The standard InChI is InChI=1S/C23H21F3N2O3S/c24-23(25,26)17-4-1-3-15(11-17)12-20-13-27-22(32-20)28-21(29)16-6-8-18(9-7-16)31-14-19-5-2-10-30-19/h1,3-4,6-9,11,13,19H,2,5,10,12,14H2,(H,27,28,29). The van der Waals surface area contributed by atoms with Gasteiger partial charge in [-0.3, -0.25) is 10.1 Å². The number of aromatic nitrogens is 1. The average Bonchev–Trinajstić information content (AvgIpc) is 3.44. The predicted octanol–water partition coefficient (Wildman–Crippen LogP) is 5.56. The number of nitrogens with zero attached hydrogens (tertiary/aromatic N) is 1. The summed E-state index contributed by atoms with van der Waals surface area (Å²) in [7, 11) is 0. The van der Waals surface area contributed by atoms with Crippen LogP contribution in [-0.2, 0) is 17.3 Å². The Labute approximate surface area is 187 Å². The van der Waals surface area contributed by atoms with Gasteiger partial charge in [-0.1, -0.05) is 18.2 Å². The van der Waals surface area contributed by atoms with Crippen molar-refractivity contribution in [1.29, 1.82) is 0 Å². The van der Waals surface area contributed by atoms with Crippen LogP contribution < -0.4 is 10.1 Å². The van der Waals surface area contributed by atoms with Gasteiger partial charge >= 0.3 is 6.18 Å². The van der Waals surface area contributed by atoms with Crippen LogP contribution in [0.4, 0.5) is 18.3 Å². The molecular formula is C23H21F3N2O3S. The molecule has 1 aromatic heterocycles. The highest BCUT2D eigenvalue weighted by Crippen LogP contribution is 2.30. The Kier molecular flexibility index (Phi) is 6.76. The maximum absolute atomic E-state index is 12.9. The van der Waals surface area contributed by atoms with Crippen molar-refractivity contribution in [1.82, 2.24) is 4.98 Å². The first kappa shape index (κ1) is 22.3. The minimum absolute atomic E-state index is 0.119. The van der Waals surface area contributed by atoms with Crippen LogP contribution in [0.15, 0.2) is 54.7 Å². The number of carbonyl (C=O) groups is 1. The first-order chi connectivity index (χ1) is 15.4. The SMILES string of the molecule is O=C(Nc1ncc(Cc2cccc(C(F)(F)F)c2)s1)c1ccc(OCC2CCCO2)cc1. The topological polar surface area (TPSA) is 60.5 Å². The minimum atomic E-state index is -4.38. The van der Waals surface area contributed by atoms with Gasteiger partial charge in [-0.25, -0.2) is 4.98 Å². The van der Waals surface area contributed by atoms with Gasteiger partial charge in [0.25, 0.3) is 5.91 Å². The first-order valence-corrected chi connectivity index (χ1v) is 10.9. The number of hydrogen-bond acceptors (Lipinski definition) is 5. The fourth-order valence-corrected chi connectivity index (χ4v) is 4.18. The third kappa shape index (κ3) is 5.86. The molecule has 3 aromatic rings. The van der Waals surface area contributed by atoms with Crippen molar-refractivity contribution in [3.05, 3.63) is 76.3 Å². The van der Waals surface area contributed by atoms with Crippen molar-refractivity contribution in [2.45, 2.75) is 31.5 Å². The van der Waals surface area contributed by atoms with E-state index in [2.05, 4.69) is 10.3 Å². The van der Waals surface area contributed by atoms with Gasteiger partial charge in [-0.05, 0) is 48.7 Å². The molecule has 0 bridgehead atoms. The molecule has 2 aromatic carbocycles. The Bertz CT molecular complexity index is 1060. The van der Waals surface area contributed by atoms with Gasteiger partial charge in [0.2, 0.25) is 0 Å². The zero-order valence-electron chi connectivity index (χ0n) is 17.0. The van der Waals surface area contributed by atoms with Gasteiger partial charge in [0.1, 0.15) is 12.4 Å². The number of carbonyl (C=O) groups excluding carboxylic acids is 1. The number of hydrogen-bond donors (Lipinski definition) is 1. The van der Waals surface area contributed by atoms with E-state index < -0.39 is 11.7 Å². The van der Waals surface area contributed by atoms with Crippen molar-refractivity contribution in [2.75, 3.05) is 18.5 Å². The van der Waals surface area contributed by atoms with E-state index >= 15 is 0 Å². The van der Waals surface area contributed by atoms with E-state index in [1.54, 1.807) is 36.5 Å². The second kappa shape index (κ2) is 9.70. The molecule has 1 atom stereocenters. The zero-order chi connectivity index (χ0) is 22.6. The molecule has 1 saturated heterocycles. The lowest BCUT2D eigenvalue weighted by Crippen LogP contribution is -2.16. The number of rotatable bonds is 7. The van der Waals surface area contributed by atoms with Gasteiger partial charge in [0.05, 0.1) is 11.7 Å². The van der Waals surface area contributed by atoms with E-state index in [1.807, 2.05) is 0 Å². The highest BCUT2D eigenvalue weighted by Gasteiger charge is 2.30. The molecular weight excluding hydrogens is 441 g/mol. The van der Waals surface area contributed by atoms with E-state index in [4.69, 9.17) is 9.47 Å². The van der Waals surface area contributed by atoms with Crippen molar-refractivity contribution >= 4 is 22.4 Å². The average molecular weight is 462 g/mol. The molecule has 0 saturated carbocycles. The molecule has 1 fully saturated rings. The van der Waals surface area contributed by atoms with Crippen LogP contribution in [0.1, 0.15) is 39.2 Å². The second-order valence-corrected chi connectivity index (χ2v) is 8.55. The lowest BCUT2D eigenvalue weighted by molar-refractivity contribution is -0.137. The Morgan fingerprint density at radius 2 is 2.03 bits per heavy atom. The molecule has 0 radical (unpaired) electrons. The summed E-state index contributed by atoms with van der Waals surface area (Å²) < 4.78 is 49.9. The van der Waals surface area contributed by atoms with Gasteiger partial charge < -0.3 is 9.47 Å². The molecule has 5 nitrogen and oxygen atoms in total. The first-order valence-electron chi connectivity index (χ1n) is 10.1. The fraction of sp³-hybridized carbons (Fsp3) is 0.304. The van der Waals surface area contributed by atoms with Crippen LogP contribution >= 0.6 is 11.3 Å². The van der Waals surface area contributed by atoms with E-state index in [0.29, 0.717) is 35.0 Å². The fourth-order valence-electron chi connectivity index (χ4n) is 3.34. The molecule has 1 N–H and O–H groups in total. The van der Waals surface area contributed by atoms with Crippen molar-refractivity contribution in [3.8, 4) is 5.75 Å².